The van der Waals surface area contributed by atoms with Crippen LogP contribution in [0.2, 0.25) is 0 Å². The molecular formula is C14H20N2O5. The van der Waals surface area contributed by atoms with E-state index in [2.05, 4.69) is 19.2 Å². The van der Waals surface area contributed by atoms with Gasteiger partial charge in [-0.1, -0.05) is 13.8 Å². The SMILES string of the molecule is CC(C)COCCCNc1ccc([N+](=O)[O-])cc1C(=O)O. The zero-order valence-electron chi connectivity index (χ0n) is 12.2. The molecule has 7 nitrogen and oxygen atoms in total. The Morgan fingerprint density at radius 2 is 2.19 bits per heavy atom. The fourth-order valence-electron chi connectivity index (χ4n) is 1.69. The quantitative estimate of drug-likeness (QED) is 0.413. The van der Waals surface area contributed by atoms with Crippen molar-refractivity contribution < 1.29 is 19.6 Å². The molecule has 0 saturated carbocycles. The minimum Gasteiger partial charge on any atom is -0.478 e. The van der Waals surface area contributed by atoms with Gasteiger partial charge in [-0.2, -0.15) is 0 Å². The highest BCUT2D eigenvalue weighted by Gasteiger charge is 2.15. The molecule has 2 N–H and O–H groups in total. The fourth-order valence-corrected chi connectivity index (χ4v) is 1.69. The van der Waals surface area contributed by atoms with Crippen molar-refractivity contribution >= 4 is 17.3 Å². The van der Waals surface area contributed by atoms with Crippen molar-refractivity contribution in [2.24, 2.45) is 5.92 Å². The summed E-state index contributed by atoms with van der Waals surface area (Å²) in [6, 6.07) is 3.75. The monoisotopic (exact) mass is 296 g/mol. The molecule has 0 fully saturated rings. The van der Waals surface area contributed by atoms with Gasteiger partial charge in [0.15, 0.2) is 0 Å². The van der Waals surface area contributed by atoms with Crippen LogP contribution in [0.4, 0.5) is 11.4 Å². The third-order valence-corrected chi connectivity index (χ3v) is 2.68. The summed E-state index contributed by atoms with van der Waals surface area (Å²) in [5, 5.41) is 22.7. The largest absolute Gasteiger partial charge is 0.478 e. The van der Waals surface area contributed by atoms with E-state index in [1.54, 1.807) is 0 Å². The van der Waals surface area contributed by atoms with Crippen LogP contribution in [0.25, 0.3) is 0 Å². The second-order valence-corrected chi connectivity index (χ2v) is 5.04. The average Bonchev–Trinajstić information content (AvgIpc) is 2.42. The van der Waals surface area contributed by atoms with Gasteiger partial charge in [-0.3, -0.25) is 10.1 Å². The molecule has 7 heteroatoms. The van der Waals surface area contributed by atoms with E-state index in [-0.39, 0.29) is 11.3 Å². The number of aromatic carboxylic acids is 1. The van der Waals surface area contributed by atoms with Gasteiger partial charge in [0, 0.05) is 37.6 Å². The Morgan fingerprint density at radius 1 is 1.48 bits per heavy atom. The normalized spacial score (nSPS) is 10.6. The van der Waals surface area contributed by atoms with Gasteiger partial charge in [0.05, 0.1) is 10.5 Å². The predicted molar refractivity (Wildman–Crippen MR) is 78.8 cm³/mol. The van der Waals surface area contributed by atoms with Crippen LogP contribution >= 0.6 is 0 Å². The third-order valence-electron chi connectivity index (χ3n) is 2.68. The van der Waals surface area contributed by atoms with Crippen molar-refractivity contribution in [1.29, 1.82) is 0 Å². The van der Waals surface area contributed by atoms with Crippen LogP contribution in [0.1, 0.15) is 30.6 Å². The second-order valence-electron chi connectivity index (χ2n) is 5.04. The molecule has 0 aliphatic carbocycles. The minimum atomic E-state index is -1.20. The second kappa shape index (κ2) is 8.21. The van der Waals surface area contributed by atoms with Crippen molar-refractivity contribution in [2.75, 3.05) is 25.1 Å². The molecule has 1 aromatic carbocycles. The Hall–Kier alpha value is -2.15. The van der Waals surface area contributed by atoms with Crippen molar-refractivity contribution in [2.45, 2.75) is 20.3 Å². The standard InChI is InChI=1S/C14H20N2O5/c1-10(2)9-21-7-3-6-15-13-5-4-11(16(19)20)8-12(13)14(17)18/h4-5,8,10,15H,3,6-7,9H2,1-2H3,(H,17,18). The number of carboxylic acids is 1. The van der Waals surface area contributed by atoms with Crippen LogP contribution < -0.4 is 5.32 Å². The van der Waals surface area contributed by atoms with E-state index in [0.717, 1.165) is 12.5 Å². The Labute approximate surface area is 123 Å². The number of anilines is 1. The number of carbonyl (C=O) groups is 1. The third kappa shape index (κ3) is 5.78. The molecule has 116 valence electrons. The number of ether oxygens (including phenoxy) is 1. The number of nitro benzene ring substituents is 1. The molecule has 0 heterocycles. The average molecular weight is 296 g/mol. The summed E-state index contributed by atoms with van der Waals surface area (Å²) in [5.74, 6) is -0.719. The molecule has 0 aliphatic rings. The van der Waals surface area contributed by atoms with E-state index in [4.69, 9.17) is 9.84 Å². The molecule has 0 atom stereocenters. The molecule has 0 radical (unpaired) electrons. The van der Waals surface area contributed by atoms with Crippen LogP contribution in [-0.4, -0.2) is 35.8 Å². The van der Waals surface area contributed by atoms with E-state index in [1.807, 2.05) is 0 Å². The van der Waals surface area contributed by atoms with Gasteiger partial charge in [-0.15, -0.1) is 0 Å². The van der Waals surface area contributed by atoms with E-state index >= 15 is 0 Å². The van der Waals surface area contributed by atoms with Gasteiger partial charge in [0.1, 0.15) is 0 Å². The lowest BCUT2D eigenvalue weighted by Crippen LogP contribution is -2.11. The van der Waals surface area contributed by atoms with Gasteiger partial charge in [-0.05, 0) is 18.4 Å². The number of hydrogen-bond acceptors (Lipinski definition) is 5. The molecule has 0 unspecified atom stereocenters. The number of nitrogens with zero attached hydrogens (tertiary/aromatic N) is 1. The molecule has 0 aliphatic heterocycles. The number of non-ortho nitro benzene ring substituents is 1. The Bertz CT molecular complexity index is 502. The summed E-state index contributed by atoms with van der Waals surface area (Å²) in [4.78, 5) is 21.2. The summed E-state index contributed by atoms with van der Waals surface area (Å²) < 4.78 is 5.42. The highest BCUT2D eigenvalue weighted by atomic mass is 16.6. The summed E-state index contributed by atoms with van der Waals surface area (Å²) >= 11 is 0. The van der Waals surface area contributed by atoms with E-state index in [1.165, 1.54) is 12.1 Å². The number of nitro groups is 1. The number of benzene rings is 1. The first-order chi connectivity index (χ1) is 9.91. The first kappa shape index (κ1) is 16.9. The van der Waals surface area contributed by atoms with Crippen LogP contribution in [0, 0.1) is 16.0 Å². The lowest BCUT2D eigenvalue weighted by Gasteiger charge is -2.10. The number of hydrogen-bond donors (Lipinski definition) is 2. The lowest BCUT2D eigenvalue weighted by atomic mass is 10.1. The summed E-state index contributed by atoms with van der Waals surface area (Å²) in [5.41, 5.74) is 0.0301. The molecule has 0 spiro atoms. The molecule has 1 aromatic rings. The number of carboxylic acid groups (broad SMARTS) is 1. The van der Waals surface area contributed by atoms with Gasteiger partial charge < -0.3 is 15.2 Å². The molecule has 0 saturated heterocycles. The van der Waals surface area contributed by atoms with E-state index < -0.39 is 10.9 Å². The molecular weight excluding hydrogens is 276 g/mol. The van der Waals surface area contributed by atoms with Crippen LogP contribution in [0.3, 0.4) is 0 Å². The molecule has 0 aromatic heterocycles. The summed E-state index contributed by atoms with van der Waals surface area (Å²) in [6.45, 7) is 5.94. The van der Waals surface area contributed by atoms with Crippen LogP contribution in [0.5, 0.6) is 0 Å². The molecule has 0 amide bonds. The zero-order chi connectivity index (χ0) is 15.8. The first-order valence-corrected chi connectivity index (χ1v) is 6.75. The minimum absolute atomic E-state index is 0.104. The number of nitrogens with one attached hydrogen (secondary N) is 1. The topological polar surface area (TPSA) is 102 Å². The van der Waals surface area contributed by atoms with Crippen molar-refractivity contribution in [3.05, 3.63) is 33.9 Å². The maximum Gasteiger partial charge on any atom is 0.338 e. The molecule has 1 rings (SSSR count). The van der Waals surface area contributed by atoms with Crippen molar-refractivity contribution in [3.63, 3.8) is 0 Å². The fraction of sp³-hybridized carbons (Fsp3) is 0.500. The molecule has 21 heavy (non-hydrogen) atoms. The summed E-state index contributed by atoms with van der Waals surface area (Å²) in [7, 11) is 0. The highest BCUT2D eigenvalue weighted by Crippen LogP contribution is 2.22. The van der Waals surface area contributed by atoms with E-state index in [9.17, 15) is 14.9 Å². The van der Waals surface area contributed by atoms with Crippen molar-refractivity contribution in [3.8, 4) is 0 Å². The Kier molecular flexibility index (Phi) is 6.61. The van der Waals surface area contributed by atoms with Gasteiger partial charge >= 0.3 is 5.97 Å². The van der Waals surface area contributed by atoms with Crippen LogP contribution in [-0.2, 0) is 4.74 Å². The highest BCUT2D eigenvalue weighted by molar-refractivity contribution is 5.95. The molecule has 0 bridgehead atoms. The van der Waals surface area contributed by atoms with Crippen LogP contribution in [0.15, 0.2) is 18.2 Å². The number of rotatable bonds is 9. The van der Waals surface area contributed by atoms with Gasteiger partial charge in [-0.25, -0.2) is 4.79 Å². The maximum atomic E-state index is 11.1. The van der Waals surface area contributed by atoms with E-state index in [0.29, 0.717) is 31.4 Å². The summed E-state index contributed by atoms with van der Waals surface area (Å²) in [6.07, 6.45) is 0.725. The van der Waals surface area contributed by atoms with Crippen molar-refractivity contribution in [1.82, 2.24) is 0 Å². The predicted octanol–water partition coefficient (Wildman–Crippen LogP) is 2.77. The Morgan fingerprint density at radius 3 is 2.76 bits per heavy atom. The van der Waals surface area contributed by atoms with Gasteiger partial charge in [0.2, 0.25) is 0 Å². The van der Waals surface area contributed by atoms with Gasteiger partial charge in [0.25, 0.3) is 5.69 Å². The first-order valence-electron chi connectivity index (χ1n) is 6.75. The smallest absolute Gasteiger partial charge is 0.338 e. The lowest BCUT2D eigenvalue weighted by molar-refractivity contribution is -0.384. The Balaban J connectivity index is 2.54. The maximum absolute atomic E-state index is 11.1. The zero-order valence-corrected chi connectivity index (χ0v) is 12.2.